The van der Waals surface area contributed by atoms with Gasteiger partial charge < -0.3 is 15.2 Å². The van der Waals surface area contributed by atoms with Crippen LogP contribution in [-0.2, 0) is 0 Å². The molecule has 5 heteroatoms. The number of aliphatic hydroxyl groups is 1. The summed E-state index contributed by atoms with van der Waals surface area (Å²) >= 11 is 0. The Labute approximate surface area is 125 Å². The monoisotopic (exact) mass is 292 g/mol. The minimum Gasteiger partial charge on any atom is -0.472 e. The highest BCUT2D eigenvalue weighted by molar-refractivity contribution is 5.93. The van der Waals surface area contributed by atoms with E-state index in [0.717, 1.165) is 19.3 Å². The van der Waals surface area contributed by atoms with E-state index in [4.69, 9.17) is 4.74 Å². The number of pyridine rings is 1. The largest absolute Gasteiger partial charge is 0.472 e. The molecule has 2 atom stereocenters. The highest BCUT2D eigenvalue weighted by Gasteiger charge is 2.25. The van der Waals surface area contributed by atoms with Gasteiger partial charge in [-0.15, -0.1) is 0 Å². The van der Waals surface area contributed by atoms with Gasteiger partial charge in [-0.05, 0) is 39.7 Å². The highest BCUT2D eigenvalue weighted by Crippen LogP contribution is 2.24. The number of nitrogens with one attached hydrogen (secondary N) is 1. The molecule has 0 spiro atoms. The van der Waals surface area contributed by atoms with Gasteiger partial charge in [-0.1, -0.05) is 6.42 Å². The maximum absolute atomic E-state index is 12.0. The zero-order valence-electron chi connectivity index (χ0n) is 12.9. The Hall–Kier alpha value is -1.62. The summed E-state index contributed by atoms with van der Waals surface area (Å²) in [6.07, 6.45) is 4.06. The minimum absolute atomic E-state index is 0.163. The van der Waals surface area contributed by atoms with Gasteiger partial charge in [0.05, 0.1) is 11.7 Å². The molecule has 1 heterocycles. The third-order valence-electron chi connectivity index (χ3n) is 3.55. The van der Waals surface area contributed by atoms with Gasteiger partial charge >= 0.3 is 0 Å². The summed E-state index contributed by atoms with van der Waals surface area (Å²) in [7, 11) is 0. The third kappa shape index (κ3) is 4.70. The van der Waals surface area contributed by atoms with Crippen molar-refractivity contribution in [1.82, 2.24) is 10.3 Å². The Morgan fingerprint density at radius 3 is 2.71 bits per heavy atom. The minimum atomic E-state index is -0.310. The summed E-state index contributed by atoms with van der Waals surface area (Å²) in [5.41, 5.74) is 0.193. The molecule has 0 radical (unpaired) electrons. The number of aliphatic hydroxyl groups excluding tert-OH is 1. The van der Waals surface area contributed by atoms with Crippen molar-refractivity contribution in [3.05, 3.63) is 23.9 Å². The molecule has 1 aliphatic carbocycles. The van der Waals surface area contributed by atoms with E-state index in [1.807, 2.05) is 20.8 Å². The van der Waals surface area contributed by atoms with Crippen LogP contribution in [0.4, 0.5) is 0 Å². The van der Waals surface area contributed by atoms with E-state index in [9.17, 15) is 9.90 Å². The topological polar surface area (TPSA) is 71.5 Å². The molecule has 1 aliphatic rings. The van der Waals surface area contributed by atoms with Crippen LogP contribution in [0.5, 0.6) is 5.88 Å². The van der Waals surface area contributed by atoms with Gasteiger partial charge in [-0.3, -0.25) is 4.79 Å². The summed E-state index contributed by atoms with van der Waals surface area (Å²) in [6.45, 7) is 6.35. The lowest BCUT2D eigenvalue weighted by atomic mass is 10.1. The molecular formula is C16H24N2O3. The van der Waals surface area contributed by atoms with E-state index >= 15 is 0 Å². The van der Waals surface area contributed by atoms with E-state index in [2.05, 4.69) is 10.3 Å². The molecule has 5 nitrogen and oxygen atoms in total. The second-order valence-electron chi connectivity index (χ2n) is 6.57. The summed E-state index contributed by atoms with van der Waals surface area (Å²) in [6, 6.07) is 3.40. The molecule has 1 aromatic heterocycles. The number of carbonyl (C=O) groups is 1. The molecule has 2 N–H and O–H groups in total. The molecule has 21 heavy (non-hydrogen) atoms. The van der Waals surface area contributed by atoms with Crippen LogP contribution in [0.3, 0.4) is 0 Å². The molecule has 0 aliphatic heterocycles. The molecule has 2 rings (SSSR count). The maximum Gasteiger partial charge on any atom is 0.252 e. The van der Waals surface area contributed by atoms with Gasteiger partial charge in [-0.25, -0.2) is 4.98 Å². The molecule has 0 aromatic carbocycles. The number of rotatable bonds is 4. The van der Waals surface area contributed by atoms with E-state index in [-0.39, 0.29) is 23.5 Å². The van der Waals surface area contributed by atoms with Crippen molar-refractivity contribution in [3.8, 4) is 5.88 Å². The molecule has 1 amide bonds. The van der Waals surface area contributed by atoms with Crippen LogP contribution >= 0.6 is 0 Å². The van der Waals surface area contributed by atoms with Crippen LogP contribution in [0.15, 0.2) is 18.3 Å². The van der Waals surface area contributed by atoms with Crippen molar-refractivity contribution >= 4 is 5.91 Å². The Morgan fingerprint density at radius 1 is 1.43 bits per heavy atom. The summed E-state index contributed by atoms with van der Waals surface area (Å²) in [4.78, 5) is 16.2. The summed E-state index contributed by atoms with van der Waals surface area (Å²) < 4.78 is 5.62. The Bertz CT molecular complexity index is 479. The standard InChI is InChI=1S/C16H24N2O3/c1-16(2,3)21-14-8-7-12(10-17-14)15(20)18-9-11-5-4-6-13(11)19/h7-8,10-11,13,19H,4-6,9H2,1-3H3,(H,18,20). The average molecular weight is 292 g/mol. The van der Waals surface area contributed by atoms with Crippen LogP contribution in [0.25, 0.3) is 0 Å². The number of carbonyl (C=O) groups excluding carboxylic acids is 1. The quantitative estimate of drug-likeness (QED) is 0.892. The Balaban J connectivity index is 1.87. The third-order valence-corrected chi connectivity index (χ3v) is 3.55. The number of ether oxygens (including phenoxy) is 1. The second kappa shape index (κ2) is 6.43. The smallest absolute Gasteiger partial charge is 0.252 e. The molecule has 0 saturated heterocycles. The molecule has 116 valence electrons. The second-order valence-corrected chi connectivity index (χ2v) is 6.57. The van der Waals surface area contributed by atoms with E-state index in [1.165, 1.54) is 6.20 Å². The van der Waals surface area contributed by atoms with Crippen molar-refractivity contribution in [2.45, 2.75) is 51.7 Å². The van der Waals surface area contributed by atoms with Crippen molar-refractivity contribution in [3.63, 3.8) is 0 Å². The lowest BCUT2D eigenvalue weighted by molar-refractivity contribution is 0.0916. The fourth-order valence-corrected chi connectivity index (χ4v) is 2.47. The van der Waals surface area contributed by atoms with Gasteiger partial charge in [0.15, 0.2) is 0 Å². The van der Waals surface area contributed by atoms with Gasteiger partial charge in [0.1, 0.15) is 5.60 Å². The number of nitrogens with zero attached hydrogens (tertiary/aromatic N) is 1. The first-order valence-electron chi connectivity index (χ1n) is 7.46. The van der Waals surface area contributed by atoms with Crippen molar-refractivity contribution in [2.75, 3.05) is 6.54 Å². The first-order chi connectivity index (χ1) is 9.85. The van der Waals surface area contributed by atoms with Crippen LogP contribution in [0.1, 0.15) is 50.4 Å². The fraction of sp³-hybridized carbons (Fsp3) is 0.625. The van der Waals surface area contributed by atoms with E-state index < -0.39 is 0 Å². The number of aromatic nitrogens is 1. The van der Waals surface area contributed by atoms with E-state index in [1.54, 1.807) is 12.1 Å². The molecule has 1 fully saturated rings. The fourth-order valence-electron chi connectivity index (χ4n) is 2.47. The van der Waals surface area contributed by atoms with Crippen molar-refractivity contribution in [1.29, 1.82) is 0 Å². The number of hydrogen-bond donors (Lipinski definition) is 2. The van der Waals surface area contributed by atoms with Crippen LogP contribution in [0, 0.1) is 5.92 Å². The SMILES string of the molecule is CC(C)(C)Oc1ccc(C(=O)NCC2CCCC2O)cn1. The summed E-state index contributed by atoms with van der Waals surface area (Å²) in [5.74, 6) is 0.514. The zero-order chi connectivity index (χ0) is 15.5. The highest BCUT2D eigenvalue weighted by atomic mass is 16.5. The Morgan fingerprint density at radius 2 is 2.19 bits per heavy atom. The normalized spacial score (nSPS) is 22.1. The Kier molecular flexibility index (Phi) is 4.83. The van der Waals surface area contributed by atoms with Crippen LogP contribution in [-0.4, -0.2) is 34.2 Å². The van der Waals surface area contributed by atoms with Crippen molar-refractivity contribution in [2.24, 2.45) is 5.92 Å². The van der Waals surface area contributed by atoms with Gasteiger partial charge in [0.2, 0.25) is 5.88 Å². The molecule has 1 saturated carbocycles. The lowest BCUT2D eigenvalue weighted by Crippen LogP contribution is -2.32. The molecule has 0 bridgehead atoms. The number of amides is 1. The average Bonchev–Trinajstić information content (AvgIpc) is 2.80. The van der Waals surface area contributed by atoms with Crippen LogP contribution < -0.4 is 10.1 Å². The lowest BCUT2D eigenvalue weighted by Gasteiger charge is -2.20. The first kappa shape index (κ1) is 15.8. The predicted octanol–water partition coefficient (Wildman–Crippen LogP) is 2.15. The van der Waals surface area contributed by atoms with Crippen molar-refractivity contribution < 1.29 is 14.6 Å². The first-order valence-corrected chi connectivity index (χ1v) is 7.46. The zero-order valence-corrected chi connectivity index (χ0v) is 12.9. The molecule has 1 aromatic rings. The predicted molar refractivity (Wildman–Crippen MR) is 80.3 cm³/mol. The van der Waals surface area contributed by atoms with Gasteiger partial charge in [0.25, 0.3) is 5.91 Å². The van der Waals surface area contributed by atoms with E-state index in [0.29, 0.717) is 18.0 Å². The van der Waals surface area contributed by atoms with Crippen LogP contribution in [0.2, 0.25) is 0 Å². The molecular weight excluding hydrogens is 268 g/mol. The summed E-state index contributed by atoms with van der Waals surface area (Å²) in [5, 5.41) is 12.6. The van der Waals surface area contributed by atoms with Gasteiger partial charge in [-0.2, -0.15) is 0 Å². The molecule has 2 unspecified atom stereocenters. The maximum atomic E-state index is 12.0. The number of hydrogen-bond acceptors (Lipinski definition) is 4. The van der Waals surface area contributed by atoms with Gasteiger partial charge in [0, 0.05) is 24.7 Å².